The molecule has 3 rings (SSSR count). The minimum absolute atomic E-state index is 0.446. The molecule has 104 valence electrons. The molecule has 3 N–H and O–H groups in total. The van der Waals surface area contributed by atoms with Crippen LogP contribution in [-0.4, -0.2) is 12.6 Å². The Bertz CT molecular complexity index is 417. The van der Waals surface area contributed by atoms with E-state index in [9.17, 15) is 0 Å². The molecular weight excluding hydrogens is 236 g/mol. The Morgan fingerprint density at radius 1 is 1.21 bits per heavy atom. The Kier molecular flexibility index (Phi) is 4.04. The van der Waals surface area contributed by atoms with Crippen LogP contribution in [0.25, 0.3) is 0 Å². The number of rotatable bonds is 5. The standard InChI is InChI=1S/C16H24N2O/c17-18-14(10-12-4-3-5-12)11-13-8-9-19-16-7-2-1-6-15(13)16/h1-2,6-7,12-14,18H,3-5,8-11,17H2. The highest BCUT2D eigenvalue weighted by atomic mass is 16.5. The van der Waals surface area contributed by atoms with Gasteiger partial charge in [-0.3, -0.25) is 11.3 Å². The quantitative estimate of drug-likeness (QED) is 0.632. The second kappa shape index (κ2) is 5.93. The fourth-order valence-corrected chi connectivity index (χ4v) is 3.37. The largest absolute Gasteiger partial charge is 0.493 e. The minimum Gasteiger partial charge on any atom is -0.493 e. The fourth-order valence-electron chi connectivity index (χ4n) is 3.37. The zero-order valence-electron chi connectivity index (χ0n) is 11.5. The average Bonchev–Trinajstić information content (AvgIpc) is 2.41. The number of hydrogen-bond donors (Lipinski definition) is 2. The van der Waals surface area contributed by atoms with Gasteiger partial charge in [-0.25, -0.2) is 0 Å². The lowest BCUT2D eigenvalue weighted by Crippen LogP contribution is -2.39. The molecule has 0 amide bonds. The van der Waals surface area contributed by atoms with Crippen molar-refractivity contribution in [2.24, 2.45) is 11.8 Å². The fraction of sp³-hybridized carbons (Fsp3) is 0.625. The summed E-state index contributed by atoms with van der Waals surface area (Å²) in [7, 11) is 0. The molecule has 2 unspecified atom stereocenters. The second-order valence-corrected chi connectivity index (χ2v) is 6.00. The summed E-state index contributed by atoms with van der Waals surface area (Å²) >= 11 is 0. The SMILES string of the molecule is NNC(CC1CCC1)CC1CCOc2ccccc21. The lowest BCUT2D eigenvalue weighted by Gasteiger charge is -2.33. The van der Waals surface area contributed by atoms with Gasteiger partial charge in [-0.2, -0.15) is 0 Å². The van der Waals surface area contributed by atoms with Crippen LogP contribution in [0.2, 0.25) is 0 Å². The van der Waals surface area contributed by atoms with Crippen molar-refractivity contribution >= 4 is 0 Å². The molecule has 0 saturated heterocycles. The van der Waals surface area contributed by atoms with Gasteiger partial charge in [-0.05, 0) is 42.7 Å². The summed E-state index contributed by atoms with van der Waals surface area (Å²) in [5.74, 6) is 8.31. The van der Waals surface area contributed by atoms with Crippen LogP contribution in [0.4, 0.5) is 0 Å². The smallest absolute Gasteiger partial charge is 0.122 e. The van der Waals surface area contributed by atoms with Gasteiger partial charge in [0.2, 0.25) is 0 Å². The van der Waals surface area contributed by atoms with E-state index < -0.39 is 0 Å². The molecule has 3 nitrogen and oxygen atoms in total. The van der Waals surface area contributed by atoms with E-state index in [-0.39, 0.29) is 0 Å². The number of hydrogen-bond acceptors (Lipinski definition) is 3. The number of nitrogens with one attached hydrogen (secondary N) is 1. The highest BCUT2D eigenvalue weighted by Gasteiger charge is 2.27. The molecule has 1 fully saturated rings. The summed E-state index contributed by atoms with van der Waals surface area (Å²) in [5, 5.41) is 0. The van der Waals surface area contributed by atoms with Crippen LogP contribution in [-0.2, 0) is 0 Å². The Morgan fingerprint density at radius 3 is 2.79 bits per heavy atom. The van der Waals surface area contributed by atoms with Gasteiger partial charge in [0, 0.05) is 6.04 Å². The third kappa shape index (κ3) is 2.93. The molecule has 1 aliphatic carbocycles. The van der Waals surface area contributed by atoms with Crippen molar-refractivity contribution in [3.8, 4) is 5.75 Å². The van der Waals surface area contributed by atoms with E-state index in [1.165, 1.54) is 31.2 Å². The average molecular weight is 260 g/mol. The molecule has 2 atom stereocenters. The van der Waals surface area contributed by atoms with Gasteiger partial charge in [0.05, 0.1) is 6.61 Å². The third-order valence-corrected chi connectivity index (χ3v) is 4.73. The first-order chi connectivity index (χ1) is 9.36. The minimum atomic E-state index is 0.446. The number of hydrazine groups is 1. The van der Waals surface area contributed by atoms with E-state index in [4.69, 9.17) is 10.6 Å². The molecule has 0 spiro atoms. The number of para-hydroxylation sites is 1. The summed E-state index contributed by atoms with van der Waals surface area (Å²) in [6, 6.07) is 8.89. The van der Waals surface area contributed by atoms with Gasteiger partial charge in [0.15, 0.2) is 0 Å². The molecule has 1 aromatic rings. The molecular formula is C16H24N2O. The maximum atomic E-state index is 5.76. The normalized spacial score (nSPS) is 24.2. The summed E-state index contributed by atoms with van der Waals surface area (Å²) in [5.41, 5.74) is 4.40. The molecule has 1 aliphatic heterocycles. The summed E-state index contributed by atoms with van der Waals surface area (Å²) in [4.78, 5) is 0. The van der Waals surface area contributed by atoms with Crippen LogP contribution in [0.3, 0.4) is 0 Å². The highest BCUT2D eigenvalue weighted by molar-refractivity contribution is 5.37. The molecule has 0 radical (unpaired) electrons. The zero-order chi connectivity index (χ0) is 13.1. The van der Waals surface area contributed by atoms with Crippen molar-refractivity contribution in [2.45, 2.75) is 50.5 Å². The number of benzene rings is 1. The van der Waals surface area contributed by atoms with Crippen molar-refractivity contribution in [3.63, 3.8) is 0 Å². The maximum Gasteiger partial charge on any atom is 0.122 e. The lowest BCUT2D eigenvalue weighted by molar-refractivity contribution is 0.226. The Balaban J connectivity index is 1.65. The first-order valence-corrected chi connectivity index (χ1v) is 7.54. The summed E-state index contributed by atoms with van der Waals surface area (Å²) in [6.45, 7) is 0.836. The van der Waals surface area contributed by atoms with E-state index in [1.807, 2.05) is 6.07 Å². The predicted octanol–water partition coefficient (Wildman–Crippen LogP) is 2.96. The van der Waals surface area contributed by atoms with Crippen LogP contribution in [0, 0.1) is 5.92 Å². The van der Waals surface area contributed by atoms with Gasteiger partial charge in [0.1, 0.15) is 5.75 Å². The van der Waals surface area contributed by atoms with E-state index in [2.05, 4.69) is 23.6 Å². The number of nitrogens with two attached hydrogens (primary N) is 1. The van der Waals surface area contributed by atoms with Crippen molar-refractivity contribution in [1.82, 2.24) is 5.43 Å². The van der Waals surface area contributed by atoms with Crippen molar-refractivity contribution in [2.75, 3.05) is 6.61 Å². The van der Waals surface area contributed by atoms with Crippen LogP contribution >= 0.6 is 0 Å². The van der Waals surface area contributed by atoms with Gasteiger partial charge in [-0.1, -0.05) is 37.5 Å². The topological polar surface area (TPSA) is 47.3 Å². The second-order valence-electron chi connectivity index (χ2n) is 6.00. The molecule has 1 saturated carbocycles. The van der Waals surface area contributed by atoms with E-state index in [0.717, 1.165) is 31.1 Å². The lowest BCUT2D eigenvalue weighted by atomic mass is 9.78. The molecule has 0 bridgehead atoms. The Hall–Kier alpha value is -1.06. The van der Waals surface area contributed by atoms with E-state index >= 15 is 0 Å². The van der Waals surface area contributed by atoms with Crippen LogP contribution in [0.1, 0.15) is 50.0 Å². The molecule has 1 heterocycles. The van der Waals surface area contributed by atoms with Crippen LogP contribution in [0.5, 0.6) is 5.75 Å². The van der Waals surface area contributed by atoms with Crippen molar-refractivity contribution in [1.29, 1.82) is 0 Å². The maximum absolute atomic E-state index is 5.76. The van der Waals surface area contributed by atoms with Gasteiger partial charge in [-0.15, -0.1) is 0 Å². The van der Waals surface area contributed by atoms with Crippen LogP contribution in [0.15, 0.2) is 24.3 Å². The first-order valence-electron chi connectivity index (χ1n) is 7.54. The Labute approximate surface area is 115 Å². The predicted molar refractivity (Wildman–Crippen MR) is 77.0 cm³/mol. The van der Waals surface area contributed by atoms with Gasteiger partial charge in [0.25, 0.3) is 0 Å². The van der Waals surface area contributed by atoms with Crippen molar-refractivity contribution < 1.29 is 4.74 Å². The van der Waals surface area contributed by atoms with E-state index in [0.29, 0.717) is 12.0 Å². The number of fused-ring (bicyclic) bond motifs is 1. The van der Waals surface area contributed by atoms with Crippen LogP contribution < -0.4 is 16.0 Å². The van der Waals surface area contributed by atoms with Gasteiger partial charge < -0.3 is 4.74 Å². The van der Waals surface area contributed by atoms with E-state index in [1.54, 1.807) is 0 Å². The molecule has 19 heavy (non-hydrogen) atoms. The molecule has 3 heteroatoms. The molecule has 1 aromatic carbocycles. The molecule has 0 aromatic heterocycles. The third-order valence-electron chi connectivity index (χ3n) is 4.73. The highest BCUT2D eigenvalue weighted by Crippen LogP contribution is 2.38. The Morgan fingerprint density at radius 2 is 2.05 bits per heavy atom. The monoisotopic (exact) mass is 260 g/mol. The number of ether oxygens (including phenoxy) is 1. The first kappa shape index (κ1) is 12.9. The summed E-state index contributed by atoms with van der Waals surface area (Å²) < 4.78 is 5.73. The summed E-state index contributed by atoms with van der Waals surface area (Å²) in [6.07, 6.45) is 7.66. The zero-order valence-corrected chi connectivity index (χ0v) is 11.5. The van der Waals surface area contributed by atoms with Gasteiger partial charge >= 0.3 is 0 Å². The molecule has 2 aliphatic rings. The van der Waals surface area contributed by atoms with Crippen molar-refractivity contribution in [3.05, 3.63) is 29.8 Å².